The quantitative estimate of drug-likeness (QED) is 0.570. The zero-order valence-corrected chi connectivity index (χ0v) is 5.68. The smallest absolute Gasteiger partial charge is 0.0697 e. The Morgan fingerprint density at radius 3 is 2.67 bits per heavy atom. The molecule has 0 aliphatic heterocycles. The molecule has 1 fully saturated rings. The van der Waals surface area contributed by atoms with Crippen molar-refractivity contribution in [2.45, 2.75) is 19.3 Å². The van der Waals surface area contributed by atoms with Gasteiger partial charge in [-0.05, 0) is 18.8 Å². The van der Waals surface area contributed by atoms with Crippen molar-refractivity contribution in [1.82, 2.24) is 0 Å². The molecule has 1 N–H and O–H groups in total. The third-order valence-electron chi connectivity index (χ3n) is 1.81. The van der Waals surface area contributed by atoms with E-state index in [4.69, 9.17) is 9.84 Å². The van der Waals surface area contributed by atoms with Crippen LogP contribution in [0.2, 0.25) is 0 Å². The summed E-state index contributed by atoms with van der Waals surface area (Å²) in [6, 6.07) is 0. The van der Waals surface area contributed by atoms with Gasteiger partial charge in [0.05, 0.1) is 13.2 Å². The highest BCUT2D eigenvalue weighted by Gasteiger charge is 2.16. The summed E-state index contributed by atoms with van der Waals surface area (Å²) in [5.74, 6) is 0.802. The van der Waals surface area contributed by atoms with Crippen molar-refractivity contribution >= 4 is 0 Å². The normalized spacial score (nSPS) is 19.7. The molecular formula is C7H14O2. The maximum atomic E-state index is 8.34. The third-order valence-corrected chi connectivity index (χ3v) is 1.81. The molecule has 1 aliphatic carbocycles. The number of rotatable bonds is 4. The second kappa shape index (κ2) is 3.85. The zero-order valence-electron chi connectivity index (χ0n) is 5.68. The number of hydrogen-bond acceptors (Lipinski definition) is 2. The van der Waals surface area contributed by atoms with Gasteiger partial charge in [-0.1, -0.05) is 6.42 Å². The van der Waals surface area contributed by atoms with Gasteiger partial charge >= 0.3 is 0 Å². The van der Waals surface area contributed by atoms with Gasteiger partial charge in [0.25, 0.3) is 0 Å². The Hall–Kier alpha value is -0.0800. The van der Waals surface area contributed by atoms with Gasteiger partial charge < -0.3 is 9.84 Å². The standard InChI is InChI=1S/C7H14O2/c8-4-5-9-6-7-2-1-3-7/h7-8H,1-6H2. The van der Waals surface area contributed by atoms with Gasteiger partial charge in [-0.25, -0.2) is 0 Å². The van der Waals surface area contributed by atoms with Crippen molar-refractivity contribution in [3.05, 3.63) is 0 Å². The Morgan fingerprint density at radius 2 is 2.22 bits per heavy atom. The Morgan fingerprint density at radius 1 is 1.44 bits per heavy atom. The van der Waals surface area contributed by atoms with Crippen LogP contribution in [-0.2, 0) is 4.74 Å². The van der Waals surface area contributed by atoms with E-state index >= 15 is 0 Å². The van der Waals surface area contributed by atoms with Crippen molar-refractivity contribution in [3.63, 3.8) is 0 Å². The Bertz CT molecular complexity index is 69.3. The molecule has 2 heteroatoms. The number of hydrogen-bond donors (Lipinski definition) is 1. The molecule has 2 nitrogen and oxygen atoms in total. The molecule has 54 valence electrons. The van der Waals surface area contributed by atoms with Gasteiger partial charge in [-0.15, -0.1) is 0 Å². The van der Waals surface area contributed by atoms with Crippen LogP contribution < -0.4 is 0 Å². The predicted octanol–water partition coefficient (Wildman–Crippen LogP) is 0.795. The largest absolute Gasteiger partial charge is 0.394 e. The molecule has 0 amide bonds. The van der Waals surface area contributed by atoms with Crippen molar-refractivity contribution in [1.29, 1.82) is 0 Å². The van der Waals surface area contributed by atoms with E-state index in [1.807, 2.05) is 0 Å². The SMILES string of the molecule is OCCOCC1CCC1. The third kappa shape index (κ3) is 2.33. The van der Waals surface area contributed by atoms with E-state index in [-0.39, 0.29) is 6.61 Å². The molecule has 0 bridgehead atoms. The first-order valence-corrected chi connectivity index (χ1v) is 3.62. The first-order chi connectivity index (χ1) is 4.43. The maximum Gasteiger partial charge on any atom is 0.0697 e. The second-order valence-electron chi connectivity index (χ2n) is 2.60. The number of aliphatic hydroxyl groups is 1. The number of ether oxygens (including phenoxy) is 1. The van der Waals surface area contributed by atoms with Gasteiger partial charge in [-0.3, -0.25) is 0 Å². The summed E-state index contributed by atoms with van der Waals surface area (Å²) in [6.45, 7) is 1.53. The zero-order chi connectivity index (χ0) is 6.53. The topological polar surface area (TPSA) is 29.5 Å². The molecule has 0 spiro atoms. The van der Waals surface area contributed by atoms with Crippen LogP contribution in [0.5, 0.6) is 0 Å². The summed E-state index contributed by atoms with van der Waals surface area (Å²) in [7, 11) is 0. The minimum absolute atomic E-state index is 0.159. The van der Waals surface area contributed by atoms with Crippen LogP contribution in [0.1, 0.15) is 19.3 Å². The molecule has 0 atom stereocenters. The fourth-order valence-electron chi connectivity index (χ4n) is 0.974. The maximum absolute atomic E-state index is 8.34. The average Bonchev–Trinajstić information content (AvgIpc) is 1.76. The van der Waals surface area contributed by atoms with E-state index in [0.29, 0.717) is 6.61 Å². The molecule has 1 saturated carbocycles. The highest BCUT2D eigenvalue weighted by Crippen LogP contribution is 2.25. The van der Waals surface area contributed by atoms with Crippen LogP contribution in [0.3, 0.4) is 0 Å². The lowest BCUT2D eigenvalue weighted by atomic mass is 9.86. The lowest BCUT2D eigenvalue weighted by molar-refractivity contribution is 0.0467. The summed E-state index contributed by atoms with van der Waals surface area (Å²) in [5, 5.41) is 8.34. The van der Waals surface area contributed by atoms with Crippen molar-refractivity contribution in [2.75, 3.05) is 19.8 Å². The van der Waals surface area contributed by atoms with E-state index in [9.17, 15) is 0 Å². The first kappa shape index (κ1) is 7.03. The highest BCUT2D eigenvalue weighted by molar-refractivity contribution is 4.68. The monoisotopic (exact) mass is 130 g/mol. The summed E-state index contributed by atoms with van der Waals surface area (Å²) < 4.78 is 5.14. The average molecular weight is 130 g/mol. The molecule has 0 radical (unpaired) electrons. The van der Waals surface area contributed by atoms with Crippen LogP contribution in [0.4, 0.5) is 0 Å². The fourth-order valence-corrected chi connectivity index (χ4v) is 0.974. The van der Waals surface area contributed by atoms with Crippen LogP contribution >= 0.6 is 0 Å². The van der Waals surface area contributed by atoms with Crippen molar-refractivity contribution in [3.8, 4) is 0 Å². The van der Waals surface area contributed by atoms with Gasteiger partial charge in [-0.2, -0.15) is 0 Å². The van der Waals surface area contributed by atoms with Crippen LogP contribution in [0.15, 0.2) is 0 Å². The van der Waals surface area contributed by atoms with E-state index in [2.05, 4.69) is 0 Å². The summed E-state index contributed by atoms with van der Waals surface area (Å²) >= 11 is 0. The lowest BCUT2D eigenvalue weighted by Crippen LogP contribution is -2.18. The van der Waals surface area contributed by atoms with Gasteiger partial charge in [0.15, 0.2) is 0 Å². The number of aliphatic hydroxyl groups excluding tert-OH is 1. The molecule has 0 saturated heterocycles. The summed E-state index contributed by atoms with van der Waals surface area (Å²) in [5.41, 5.74) is 0. The molecule has 1 rings (SSSR count). The summed E-state index contributed by atoms with van der Waals surface area (Å²) in [4.78, 5) is 0. The van der Waals surface area contributed by atoms with Crippen LogP contribution in [-0.4, -0.2) is 24.9 Å². The van der Waals surface area contributed by atoms with E-state index < -0.39 is 0 Å². The Balaban J connectivity index is 1.80. The Labute approximate surface area is 55.8 Å². The van der Waals surface area contributed by atoms with E-state index in [0.717, 1.165) is 12.5 Å². The minimum Gasteiger partial charge on any atom is -0.394 e. The predicted molar refractivity (Wildman–Crippen MR) is 35.2 cm³/mol. The molecule has 9 heavy (non-hydrogen) atoms. The summed E-state index contributed by atoms with van der Waals surface area (Å²) in [6.07, 6.45) is 4.02. The van der Waals surface area contributed by atoms with Crippen LogP contribution in [0, 0.1) is 5.92 Å². The molecule has 0 aromatic carbocycles. The minimum atomic E-state index is 0.159. The van der Waals surface area contributed by atoms with Crippen LogP contribution in [0.25, 0.3) is 0 Å². The van der Waals surface area contributed by atoms with E-state index in [1.54, 1.807) is 0 Å². The molecule has 0 aromatic heterocycles. The molecule has 0 aromatic rings. The van der Waals surface area contributed by atoms with Crippen molar-refractivity contribution < 1.29 is 9.84 Å². The van der Waals surface area contributed by atoms with Gasteiger partial charge in [0, 0.05) is 6.61 Å². The molecule has 0 unspecified atom stereocenters. The molecule has 0 heterocycles. The molecular weight excluding hydrogens is 116 g/mol. The highest BCUT2D eigenvalue weighted by atomic mass is 16.5. The fraction of sp³-hybridized carbons (Fsp3) is 1.00. The van der Waals surface area contributed by atoms with Crippen molar-refractivity contribution in [2.24, 2.45) is 5.92 Å². The first-order valence-electron chi connectivity index (χ1n) is 3.62. The Kier molecular flexibility index (Phi) is 3.01. The van der Waals surface area contributed by atoms with Gasteiger partial charge in [0.1, 0.15) is 0 Å². The van der Waals surface area contributed by atoms with E-state index in [1.165, 1.54) is 19.3 Å². The molecule has 1 aliphatic rings. The second-order valence-corrected chi connectivity index (χ2v) is 2.60. The van der Waals surface area contributed by atoms with Gasteiger partial charge in [0.2, 0.25) is 0 Å². The lowest BCUT2D eigenvalue weighted by Gasteiger charge is -2.24.